The number of aliphatic hydroxyl groups excluding tert-OH is 1. The van der Waals surface area contributed by atoms with Gasteiger partial charge in [-0.1, -0.05) is 32.9 Å². The zero-order valence-electron chi connectivity index (χ0n) is 17.4. The lowest BCUT2D eigenvalue weighted by atomic mass is 9.87. The number of carbonyl (C=O) groups excluding carboxylic acids is 1. The van der Waals surface area contributed by atoms with E-state index in [1.54, 1.807) is 13.8 Å². The van der Waals surface area contributed by atoms with Crippen molar-refractivity contribution in [2.24, 2.45) is 0 Å². The summed E-state index contributed by atoms with van der Waals surface area (Å²) in [5.41, 5.74) is 1.21. The number of benzene rings is 1. The van der Waals surface area contributed by atoms with E-state index in [9.17, 15) is 9.90 Å². The molecule has 2 aliphatic heterocycles. The Bertz CT molecular complexity index is 696. The van der Waals surface area contributed by atoms with Crippen LogP contribution in [0.3, 0.4) is 0 Å². The standard InChI is InChI=1S/C21H31NO6/c1-12(23)22-16-17(24)18-15(11-25-21(5,6)28-18)27-19(16)26-14-9-7-13(8-10-14)20(2,3)4/h7-10,15-19,24H,11H2,1-6H3,(H,22,23)/t15-,16+,17-,18-,19-/m1/s1. The maximum Gasteiger partial charge on any atom is 0.223 e. The van der Waals surface area contributed by atoms with E-state index in [0.717, 1.165) is 0 Å². The summed E-state index contributed by atoms with van der Waals surface area (Å²) in [6.07, 6.45) is -2.98. The van der Waals surface area contributed by atoms with Gasteiger partial charge in [-0.2, -0.15) is 0 Å². The van der Waals surface area contributed by atoms with Gasteiger partial charge in [0.15, 0.2) is 5.79 Å². The van der Waals surface area contributed by atoms with Gasteiger partial charge in [0.2, 0.25) is 12.2 Å². The van der Waals surface area contributed by atoms with Gasteiger partial charge in [-0.15, -0.1) is 0 Å². The molecule has 0 radical (unpaired) electrons. The first kappa shape index (κ1) is 21.0. The van der Waals surface area contributed by atoms with Gasteiger partial charge >= 0.3 is 0 Å². The van der Waals surface area contributed by atoms with Crippen molar-refractivity contribution < 1.29 is 28.8 Å². The molecule has 2 aliphatic rings. The van der Waals surface area contributed by atoms with Gasteiger partial charge in [-0.3, -0.25) is 4.79 Å². The van der Waals surface area contributed by atoms with Crippen LogP contribution < -0.4 is 10.1 Å². The molecule has 3 rings (SSSR count). The van der Waals surface area contributed by atoms with Crippen molar-refractivity contribution in [3.05, 3.63) is 29.8 Å². The molecule has 2 fully saturated rings. The summed E-state index contributed by atoms with van der Waals surface area (Å²) in [5, 5.41) is 13.6. The summed E-state index contributed by atoms with van der Waals surface area (Å²) < 4.78 is 23.5. The first-order chi connectivity index (χ1) is 13.0. The van der Waals surface area contributed by atoms with Crippen molar-refractivity contribution in [1.29, 1.82) is 0 Å². The van der Waals surface area contributed by atoms with E-state index in [-0.39, 0.29) is 17.9 Å². The van der Waals surface area contributed by atoms with E-state index < -0.39 is 36.4 Å². The second kappa shape index (κ2) is 7.63. The summed E-state index contributed by atoms with van der Waals surface area (Å²) in [5.74, 6) is -0.519. The predicted molar refractivity (Wildman–Crippen MR) is 103 cm³/mol. The molecule has 0 aromatic heterocycles. The van der Waals surface area contributed by atoms with E-state index in [0.29, 0.717) is 5.75 Å². The van der Waals surface area contributed by atoms with Crippen LogP contribution in [0.2, 0.25) is 0 Å². The largest absolute Gasteiger partial charge is 0.463 e. The van der Waals surface area contributed by atoms with Gasteiger partial charge < -0.3 is 29.4 Å². The minimum atomic E-state index is -0.996. The van der Waals surface area contributed by atoms with Gasteiger partial charge in [0, 0.05) is 6.92 Å². The number of nitrogens with one attached hydrogen (secondary N) is 1. The number of hydrogen-bond donors (Lipinski definition) is 2. The van der Waals surface area contributed by atoms with Crippen LogP contribution in [0.4, 0.5) is 0 Å². The highest BCUT2D eigenvalue weighted by Crippen LogP contribution is 2.33. The Morgan fingerprint density at radius 3 is 2.46 bits per heavy atom. The maximum atomic E-state index is 11.7. The van der Waals surface area contributed by atoms with Crippen molar-refractivity contribution >= 4 is 5.91 Å². The molecule has 5 atom stereocenters. The van der Waals surface area contributed by atoms with Crippen LogP contribution in [-0.4, -0.2) is 54.1 Å². The average Bonchev–Trinajstić information content (AvgIpc) is 2.58. The van der Waals surface area contributed by atoms with Crippen LogP contribution >= 0.6 is 0 Å². The van der Waals surface area contributed by atoms with Crippen LogP contribution in [0, 0.1) is 0 Å². The summed E-state index contributed by atoms with van der Waals surface area (Å²) in [4.78, 5) is 11.7. The Hall–Kier alpha value is -1.67. The molecule has 2 heterocycles. The first-order valence-electron chi connectivity index (χ1n) is 9.66. The quantitative estimate of drug-likeness (QED) is 0.818. The molecule has 0 bridgehead atoms. The molecule has 1 aromatic carbocycles. The van der Waals surface area contributed by atoms with Crippen molar-refractivity contribution in [3.63, 3.8) is 0 Å². The van der Waals surface area contributed by atoms with E-state index in [2.05, 4.69) is 26.1 Å². The fourth-order valence-electron chi connectivity index (χ4n) is 3.50. The van der Waals surface area contributed by atoms with Gasteiger partial charge in [-0.25, -0.2) is 0 Å². The van der Waals surface area contributed by atoms with Gasteiger partial charge in [0.05, 0.1) is 6.61 Å². The molecule has 7 heteroatoms. The van der Waals surface area contributed by atoms with Crippen molar-refractivity contribution in [3.8, 4) is 5.75 Å². The summed E-state index contributed by atoms with van der Waals surface area (Å²) in [7, 11) is 0. The third kappa shape index (κ3) is 4.66. The van der Waals surface area contributed by atoms with Crippen LogP contribution in [0.1, 0.15) is 47.1 Å². The molecule has 28 heavy (non-hydrogen) atoms. The lowest BCUT2D eigenvalue weighted by Crippen LogP contribution is -2.69. The van der Waals surface area contributed by atoms with E-state index >= 15 is 0 Å². The van der Waals surface area contributed by atoms with Gasteiger partial charge in [0.25, 0.3) is 0 Å². The maximum absolute atomic E-state index is 11.7. The first-order valence-corrected chi connectivity index (χ1v) is 9.66. The van der Waals surface area contributed by atoms with E-state index in [1.165, 1.54) is 12.5 Å². The monoisotopic (exact) mass is 393 g/mol. The fraction of sp³-hybridized carbons (Fsp3) is 0.667. The lowest BCUT2D eigenvalue weighted by Gasteiger charge is -2.49. The normalized spacial score (nSPS) is 32.3. The minimum Gasteiger partial charge on any atom is -0.463 e. The third-order valence-electron chi connectivity index (χ3n) is 5.03. The molecule has 0 unspecified atom stereocenters. The number of hydrogen-bond acceptors (Lipinski definition) is 6. The number of amides is 1. The Morgan fingerprint density at radius 2 is 1.89 bits per heavy atom. The van der Waals surface area contributed by atoms with Crippen molar-refractivity contribution in [2.75, 3.05) is 6.61 Å². The minimum absolute atomic E-state index is 0.0333. The topological polar surface area (TPSA) is 86.3 Å². The number of aliphatic hydroxyl groups is 1. The Labute approximate surface area is 166 Å². The second-order valence-electron chi connectivity index (χ2n) is 8.95. The Morgan fingerprint density at radius 1 is 1.25 bits per heavy atom. The van der Waals surface area contributed by atoms with Crippen LogP contribution in [0.25, 0.3) is 0 Å². The molecule has 0 spiro atoms. The average molecular weight is 393 g/mol. The molecule has 1 aromatic rings. The zero-order valence-corrected chi connectivity index (χ0v) is 17.4. The number of fused-ring (bicyclic) bond motifs is 1. The zero-order chi connectivity index (χ0) is 20.7. The molecule has 1 amide bonds. The highest BCUT2D eigenvalue weighted by Gasteiger charge is 2.52. The SMILES string of the molecule is CC(=O)N[C@@H]1[C@H](Oc2ccc(C(C)(C)C)cc2)O[C@@H]2COC(C)(C)O[C@H]2[C@@H]1O. The predicted octanol–water partition coefficient (Wildman–Crippen LogP) is 2.10. The molecular weight excluding hydrogens is 362 g/mol. The van der Waals surface area contributed by atoms with Crippen molar-refractivity contribution in [2.45, 2.75) is 83.4 Å². The van der Waals surface area contributed by atoms with Crippen LogP contribution in [-0.2, 0) is 24.4 Å². The second-order valence-corrected chi connectivity index (χ2v) is 8.95. The summed E-state index contributed by atoms with van der Waals surface area (Å²) in [6, 6.07) is 6.96. The fourth-order valence-corrected chi connectivity index (χ4v) is 3.50. The van der Waals surface area contributed by atoms with Crippen molar-refractivity contribution in [1.82, 2.24) is 5.32 Å². The number of ether oxygens (including phenoxy) is 4. The molecule has 156 valence electrons. The molecule has 0 saturated carbocycles. The summed E-state index contributed by atoms with van der Waals surface area (Å²) >= 11 is 0. The van der Waals surface area contributed by atoms with E-state index in [1.807, 2.05) is 24.3 Å². The smallest absolute Gasteiger partial charge is 0.223 e. The number of carbonyl (C=O) groups is 1. The number of rotatable bonds is 3. The summed E-state index contributed by atoms with van der Waals surface area (Å²) in [6.45, 7) is 11.6. The Balaban J connectivity index is 1.79. The Kier molecular flexibility index (Phi) is 5.74. The van der Waals surface area contributed by atoms with Crippen LogP contribution in [0.15, 0.2) is 24.3 Å². The van der Waals surface area contributed by atoms with Gasteiger partial charge in [-0.05, 0) is 37.0 Å². The molecule has 2 N–H and O–H groups in total. The van der Waals surface area contributed by atoms with E-state index in [4.69, 9.17) is 18.9 Å². The molecule has 0 aliphatic carbocycles. The molecule has 7 nitrogen and oxygen atoms in total. The molecule has 2 saturated heterocycles. The highest BCUT2D eigenvalue weighted by molar-refractivity contribution is 5.73. The lowest BCUT2D eigenvalue weighted by molar-refractivity contribution is -0.361. The van der Waals surface area contributed by atoms with Crippen LogP contribution in [0.5, 0.6) is 5.75 Å². The third-order valence-corrected chi connectivity index (χ3v) is 5.03. The van der Waals surface area contributed by atoms with Gasteiger partial charge in [0.1, 0.15) is 30.1 Å². The molecular formula is C21H31NO6. The highest BCUT2D eigenvalue weighted by atomic mass is 16.8.